The van der Waals surface area contributed by atoms with Gasteiger partial charge in [-0.25, -0.2) is 0 Å². The summed E-state index contributed by atoms with van der Waals surface area (Å²) in [5.74, 6) is -0.881. The van der Waals surface area contributed by atoms with Crippen molar-refractivity contribution in [2.45, 2.75) is 18.0 Å². The Morgan fingerprint density at radius 2 is 2.24 bits per heavy atom. The molecule has 2 aromatic rings. The number of nitrogens with two attached hydrogens (primary N) is 1. The molecule has 0 unspecified atom stereocenters. The number of nitrogens with one attached hydrogen (secondary N) is 2. The van der Waals surface area contributed by atoms with Gasteiger partial charge in [-0.15, -0.1) is 0 Å². The van der Waals surface area contributed by atoms with Gasteiger partial charge in [0.2, 0.25) is 0 Å². The summed E-state index contributed by atoms with van der Waals surface area (Å²) in [7, 11) is 0. The first-order chi connectivity index (χ1) is 10.1. The van der Waals surface area contributed by atoms with Gasteiger partial charge in [0, 0.05) is 29.7 Å². The van der Waals surface area contributed by atoms with Gasteiger partial charge in [-0.3, -0.25) is 10.1 Å². The highest BCUT2D eigenvalue weighted by Gasteiger charge is 2.46. The lowest BCUT2D eigenvalue weighted by molar-refractivity contribution is -0.166. The molecule has 1 aromatic carbocycles. The van der Waals surface area contributed by atoms with Crippen LogP contribution in [0.4, 0.5) is 0 Å². The molecule has 21 heavy (non-hydrogen) atoms. The Labute approximate surface area is 122 Å². The minimum atomic E-state index is -0.960. The molecule has 6 heteroatoms. The fourth-order valence-electron chi connectivity index (χ4n) is 2.59. The SMILES string of the molecule is N[C@@H](CNC1(C(=O)O)COC1)Cc1c[nH]c2ccccc12. The standard InChI is InChI=1S/C15H19N3O3/c16-11(7-18-15(14(19)20)8-21-9-15)5-10-6-17-13-4-2-1-3-12(10)13/h1-4,6,11,17-18H,5,7-9,16H2,(H,19,20)/t11-/m1/s1. The highest BCUT2D eigenvalue weighted by molar-refractivity contribution is 5.83. The zero-order chi connectivity index (χ0) is 14.9. The zero-order valence-corrected chi connectivity index (χ0v) is 11.6. The number of carbonyl (C=O) groups is 1. The number of H-pyrrole nitrogens is 1. The Kier molecular flexibility index (Phi) is 3.67. The fourth-order valence-corrected chi connectivity index (χ4v) is 2.59. The van der Waals surface area contributed by atoms with E-state index in [0.29, 0.717) is 13.0 Å². The molecule has 112 valence electrons. The van der Waals surface area contributed by atoms with Crippen LogP contribution in [0.25, 0.3) is 10.9 Å². The van der Waals surface area contributed by atoms with E-state index in [1.165, 1.54) is 0 Å². The van der Waals surface area contributed by atoms with Crippen molar-refractivity contribution < 1.29 is 14.6 Å². The van der Waals surface area contributed by atoms with Gasteiger partial charge in [0.25, 0.3) is 0 Å². The van der Waals surface area contributed by atoms with Crippen LogP contribution in [-0.2, 0) is 16.0 Å². The third-order valence-corrected chi connectivity index (χ3v) is 3.97. The third kappa shape index (κ3) is 2.65. The van der Waals surface area contributed by atoms with E-state index in [9.17, 15) is 9.90 Å². The van der Waals surface area contributed by atoms with Gasteiger partial charge < -0.3 is 20.6 Å². The predicted octanol–water partition coefficient (Wildman–Crippen LogP) is 0.481. The van der Waals surface area contributed by atoms with Crippen LogP contribution in [0.5, 0.6) is 0 Å². The molecule has 6 nitrogen and oxygen atoms in total. The molecule has 1 saturated heterocycles. The highest BCUT2D eigenvalue weighted by atomic mass is 16.5. The van der Waals surface area contributed by atoms with Crippen LogP contribution in [-0.4, -0.2) is 47.4 Å². The largest absolute Gasteiger partial charge is 0.480 e. The van der Waals surface area contributed by atoms with Gasteiger partial charge in [-0.05, 0) is 18.1 Å². The van der Waals surface area contributed by atoms with E-state index in [0.717, 1.165) is 16.5 Å². The number of carboxylic acid groups (broad SMARTS) is 1. The number of hydrogen-bond acceptors (Lipinski definition) is 4. The van der Waals surface area contributed by atoms with Gasteiger partial charge in [0.05, 0.1) is 13.2 Å². The first-order valence-electron chi connectivity index (χ1n) is 6.97. The average molecular weight is 289 g/mol. The summed E-state index contributed by atoms with van der Waals surface area (Å²) in [6.07, 6.45) is 2.65. The molecule has 1 aliphatic heterocycles. The van der Waals surface area contributed by atoms with E-state index in [2.05, 4.69) is 16.4 Å². The van der Waals surface area contributed by atoms with E-state index in [-0.39, 0.29) is 19.3 Å². The summed E-state index contributed by atoms with van der Waals surface area (Å²) >= 11 is 0. The number of aromatic amines is 1. The third-order valence-electron chi connectivity index (χ3n) is 3.97. The second kappa shape index (κ2) is 5.48. The molecule has 0 amide bonds. The molecule has 0 saturated carbocycles. The van der Waals surface area contributed by atoms with Crippen molar-refractivity contribution >= 4 is 16.9 Å². The molecule has 0 aliphatic carbocycles. The number of hydrogen-bond donors (Lipinski definition) is 4. The van der Waals surface area contributed by atoms with Gasteiger partial charge >= 0.3 is 5.97 Å². The van der Waals surface area contributed by atoms with Crippen LogP contribution >= 0.6 is 0 Å². The van der Waals surface area contributed by atoms with Crippen molar-refractivity contribution in [2.75, 3.05) is 19.8 Å². The molecule has 1 aliphatic rings. The molecule has 3 rings (SSSR count). The topological polar surface area (TPSA) is 100 Å². The number of rotatable bonds is 6. The van der Waals surface area contributed by atoms with Crippen molar-refractivity contribution in [1.29, 1.82) is 0 Å². The number of ether oxygens (including phenoxy) is 1. The number of aromatic nitrogens is 1. The maximum atomic E-state index is 11.2. The monoisotopic (exact) mass is 289 g/mol. The normalized spacial score (nSPS) is 18.3. The summed E-state index contributed by atoms with van der Waals surface area (Å²) in [4.78, 5) is 14.4. The Hall–Kier alpha value is -1.89. The molecule has 0 bridgehead atoms. The Morgan fingerprint density at radius 3 is 2.90 bits per heavy atom. The molecule has 1 fully saturated rings. The Bertz CT molecular complexity index is 648. The number of aliphatic carboxylic acids is 1. The second-order valence-electron chi connectivity index (χ2n) is 5.58. The summed E-state index contributed by atoms with van der Waals surface area (Å²) in [6.45, 7) is 0.833. The lowest BCUT2D eigenvalue weighted by Crippen LogP contribution is -2.67. The summed E-state index contributed by atoms with van der Waals surface area (Å²) in [5, 5.41) is 13.4. The van der Waals surface area contributed by atoms with Gasteiger partial charge in [-0.1, -0.05) is 18.2 Å². The number of carboxylic acids is 1. The van der Waals surface area contributed by atoms with Crippen molar-refractivity contribution in [2.24, 2.45) is 5.73 Å². The van der Waals surface area contributed by atoms with Gasteiger partial charge in [-0.2, -0.15) is 0 Å². The molecular weight excluding hydrogens is 270 g/mol. The highest BCUT2D eigenvalue weighted by Crippen LogP contribution is 2.20. The van der Waals surface area contributed by atoms with Crippen molar-refractivity contribution in [3.05, 3.63) is 36.0 Å². The number of para-hydroxylation sites is 1. The molecular formula is C15H19N3O3. The Morgan fingerprint density at radius 1 is 1.48 bits per heavy atom. The van der Waals surface area contributed by atoms with E-state index in [1.807, 2.05) is 24.4 Å². The van der Waals surface area contributed by atoms with Crippen LogP contribution in [0, 0.1) is 0 Å². The zero-order valence-electron chi connectivity index (χ0n) is 11.6. The summed E-state index contributed by atoms with van der Waals surface area (Å²) in [6, 6.07) is 7.90. The molecule has 0 spiro atoms. The van der Waals surface area contributed by atoms with Crippen LogP contribution in [0.1, 0.15) is 5.56 Å². The quantitative estimate of drug-likeness (QED) is 0.620. The summed E-state index contributed by atoms with van der Waals surface area (Å²) in [5.41, 5.74) is 7.40. The minimum absolute atomic E-state index is 0.152. The predicted molar refractivity (Wildman–Crippen MR) is 79.2 cm³/mol. The molecule has 2 heterocycles. The van der Waals surface area contributed by atoms with E-state index in [1.54, 1.807) is 0 Å². The van der Waals surface area contributed by atoms with Crippen LogP contribution in [0.2, 0.25) is 0 Å². The molecule has 1 atom stereocenters. The second-order valence-corrected chi connectivity index (χ2v) is 5.58. The van der Waals surface area contributed by atoms with Crippen molar-refractivity contribution in [3.63, 3.8) is 0 Å². The molecule has 5 N–H and O–H groups in total. The first-order valence-corrected chi connectivity index (χ1v) is 6.97. The van der Waals surface area contributed by atoms with E-state index < -0.39 is 11.5 Å². The lowest BCUT2D eigenvalue weighted by Gasteiger charge is -2.38. The lowest BCUT2D eigenvalue weighted by atomic mass is 9.96. The average Bonchev–Trinajstić information content (AvgIpc) is 2.81. The Balaban J connectivity index is 1.61. The number of fused-ring (bicyclic) bond motifs is 1. The van der Waals surface area contributed by atoms with Crippen molar-refractivity contribution in [1.82, 2.24) is 10.3 Å². The van der Waals surface area contributed by atoms with Crippen molar-refractivity contribution in [3.8, 4) is 0 Å². The first kappa shape index (κ1) is 14.1. The van der Waals surface area contributed by atoms with E-state index in [4.69, 9.17) is 10.5 Å². The summed E-state index contributed by atoms with van der Waals surface area (Å²) < 4.78 is 5.01. The number of benzene rings is 1. The van der Waals surface area contributed by atoms with E-state index >= 15 is 0 Å². The molecule has 1 aromatic heterocycles. The maximum Gasteiger partial charge on any atom is 0.328 e. The maximum absolute atomic E-state index is 11.2. The van der Waals surface area contributed by atoms with Gasteiger partial charge in [0.15, 0.2) is 5.54 Å². The van der Waals surface area contributed by atoms with Crippen LogP contribution in [0.15, 0.2) is 30.5 Å². The fraction of sp³-hybridized carbons (Fsp3) is 0.400. The van der Waals surface area contributed by atoms with Crippen LogP contribution < -0.4 is 11.1 Å². The van der Waals surface area contributed by atoms with Gasteiger partial charge in [0.1, 0.15) is 0 Å². The van der Waals surface area contributed by atoms with Crippen LogP contribution in [0.3, 0.4) is 0 Å². The molecule has 0 radical (unpaired) electrons. The minimum Gasteiger partial charge on any atom is -0.480 e. The smallest absolute Gasteiger partial charge is 0.328 e.